The van der Waals surface area contributed by atoms with Gasteiger partial charge in [-0.3, -0.25) is 0 Å². The van der Waals surface area contributed by atoms with Gasteiger partial charge in [0.1, 0.15) is 29.3 Å². The van der Waals surface area contributed by atoms with Crippen LogP contribution in [0.15, 0.2) is 48.7 Å². The maximum Gasteiger partial charge on any atom is 0.142 e. The first-order chi connectivity index (χ1) is 14.1. The Morgan fingerprint density at radius 1 is 1.03 bits per heavy atom. The second-order valence-corrected chi connectivity index (χ2v) is 6.67. The van der Waals surface area contributed by atoms with Crippen LogP contribution in [0, 0.1) is 29.6 Å². The number of hydrogen-bond donors (Lipinski definition) is 2. The Balaban J connectivity index is 2.04. The third-order valence-corrected chi connectivity index (χ3v) is 4.92. The molecule has 6 nitrogen and oxygen atoms in total. The molecule has 2 aromatic heterocycles. The van der Waals surface area contributed by atoms with Crippen molar-refractivity contribution in [2.24, 2.45) is 0 Å². The van der Waals surface area contributed by atoms with Crippen molar-refractivity contribution in [3.63, 3.8) is 0 Å². The highest BCUT2D eigenvalue weighted by Crippen LogP contribution is 2.38. The molecule has 0 atom stereocenters. The predicted octanol–water partition coefficient (Wildman–Crippen LogP) is 4.54. The number of methoxy groups -OCH3 is 1. The average Bonchev–Trinajstić information content (AvgIpc) is 3.15. The summed E-state index contributed by atoms with van der Waals surface area (Å²) in [5, 5.41) is 20.6. The first kappa shape index (κ1) is 18.1. The molecule has 0 amide bonds. The van der Waals surface area contributed by atoms with Gasteiger partial charge in [-0.25, -0.2) is 4.98 Å². The summed E-state index contributed by atoms with van der Waals surface area (Å²) in [5.41, 5.74) is 11.1. The molecule has 6 heteroatoms. The molecule has 0 unspecified atom stereocenters. The van der Waals surface area contributed by atoms with E-state index in [1.54, 1.807) is 31.4 Å². The Bertz CT molecular complexity index is 1320. The highest BCUT2D eigenvalue weighted by molar-refractivity contribution is 5.98. The number of H-pyrrole nitrogens is 1. The molecular formula is C23H17N5O. The van der Waals surface area contributed by atoms with Gasteiger partial charge in [0.25, 0.3) is 0 Å². The predicted molar refractivity (Wildman–Crippen MR) is 112 cm³/mol. The number of benzene rings is 2. The lowest BCUT2D eigenvalue weighted by Gasteiger charge is -2.13. The van der Waals surface area contributed by atoms with E-state index >= 15 is 0 Å². The Morgan fingerprint density at radius 3 is 2.41 bits per heavy atom. The van der Waals surface area contributed by atoms with Crippen molar-refractivity contribution in [1.82, 2.24) is 9.97 Å². The Hall–Kier alpha value is -4.29. The second kappa shape index (κ2) is 7.03. The molecule has 0 spiro atoms. The van der Waals surface area contributed by atoms with E-state index in [0.29, 0.717) is 28.1 Å². The van der Waals surface area contributed by atoms with Gasteiger partial charge in [-0.2, -0.15) is 10.5 Å². The molecule has 0 aliphatic carbocycles. The number of nitrogens with two attached hydrogens (primary N) is 1. The highest BCUT2D eigenvalue weighted by atomic mass is 16.5. The standard InChI is InChI=1S/C23H17N5O/c1-13-3-8-16-19(12-27-20(16)9-13)22-17(10-24)21(18(11-25)23(26)28-22)14-4-6-15(29-2)7-5-14/h3-9,12,27H,1-2H3,(H2,26,28). The molecule has 0 radical (unpaired) electrons. The smallest absolute Gasteiger partial charge is 0.142 e. The number of nitriles is 2. The van der Waals surface area contributed by atoms with E-state index in [9.17, 15) is 10.5 Å². The number of anilines is 1. The summed E-state index contributed by atoms with van der Waals surface area (Å²) < 4.78 is 5.21. The minimum absolute atomic E-state index is 0.0915. The average molecular weight is 379 g/mol. The Morgan fingerprint density at radius 2 is 1.76 bits per heavy atom. The number of rotatable bonds is 3. The molecule has 2 heterocycles. The van der Waals surface area contributed by atoms with E-state index in [-0.39, 0.29) is 11.4 Å². The van der Waals surface area contributed by atoms with Crippen LogP contribution in [0.3, 0.4) is 0 Å². The molecule has 0 saturated carbocycles. The number of pyridine rings is 1. The van der Waals surface area contributed by atoms with Crippen molar-refractivity contribution >= 4 is 16.7 Å². The van der Waals surface area contributed by atoms with E-state index < -0.39 is 0 Å². The quantitative estimate of drug-likeness (QED) is 0.543. The van der Waals surface area contributed by atoms with Gasteiger partial charge in [-0.15, -0.1) is 0 Å². The molecule has 140 valence electrons. The summed E-state index contributed by atoms with van der Waals surface area (Å²) in [4.78, 5) is 7.67. The highest BCUT2D eigenvalue weighted by Gasteiger charge is 2.22. The largest absolute Gasteiger partial charge is 0.497 e. The van der Waals surface area contributed by atoms with Crippen LogP contribution in [0.2, 0.25) is 0 Å². The fraction of sp³-hybridized carbons (Fsp3) is 0.0870. The zero-order valence-corrected chi connectivity index (χ0v) is 15.9. The summed E-state index contributed by atoms with van der Waals surface area (Å²) in [5.74, 6) is 0.772. The number of ether oxygens (including phenoxy) is 1. The van der Waals surface area contributed by atoms with Crippen LogP contribution in [-0.2, 0) is 0 Å². The van der Waals surface area contributed by atoms with Crippen LogP contribution in [0.1, 0.15) is 16.7 Å². The molecule has 0 fully saturated rings. The van der Waals surface area contributed by atoms with Crippen LogP contribution >= 0.6 is 0 Å². The van der Waals surface area contributed by atoms with E-state index in [2.05, 4.69) is 22.1 Å². The number of nitrogen functional groups attached to an aromatic ring is 1. The second-order valence-electron chi connectivity index (χ2n) is 6.67. The van der Waals surface area contributed by atoms with Crippen LogP contribution in [0.5, 0.6) is 5.75 Å². The van der Waals surface area contributed by atoms with Gasteiger partial charge in [0.05, 0.1) is 18.4 Å². The summed E-state index contributed by atoms with van der Waals surface area (Å²) >= 11 is 0. The maximum atomic E-state index is 10.0. The molecule has 0 saturated heterocycles. The van der Waals surface area contributed by atoms with Crippen LogP contribution < -0.4 is 10.5 Å². The van der Waals surface area contributed by atoms with Gasteiger partial charge in [0.15, 0.2) is 0 Å². The zero-order chi connectivity index (χ0) is 20.5. The Labute approximate surface area is 167 Å². The SMILES string of the molecule is COc1ccc(-c2c(C#N)c(N)nc(-c3c[nH]c4cc(C)ccc34)c2C#N)cc1. The van der Waals surface area contributed by atoms with Crippen LogP contribution in [0.4, 0.5) is 5.82 Å². The van der Waals surface area contributed by atoms with Crippen molar-refractivity contribution in [2.75, 3.05) is 12.8 Å². The van der Waals surface area contributed by atoms with Crippen molar-refractivity contribution < 1.29 is 4.74 Å². The number of aromatic nitrogens is 2. The van der Waals surface area contributed by atoms with Crippen LogP contribution in [0.25, 0.3) is 33.3 Å². The molecule has 0 aliphatic rings. The minimum Gasteiger partial charge on any atom is -0.497 e. The third kappa shape index (κ3) is 2.93. The van der Waals surface area contributed by atoms with Gasteiger partial charge >= 0.3 is 0 Å². The van der Waals surface area contributed by atoms with Gasteiger partial charge in [-0.1, -0.05) is 24.3 Å². The number of nitrogens with one attached hydrogen (secondary N) is 1. The first-order valence-corrected chi connectivity index (χ1v) is 8.93. The number of fused-ring (bicyclic) bond motifs is 1. The molecule has 3 N–H and O–H groups in total. The molecule has 4 aromatic rings. The van der Waals surface area contributed by atoms with Crippen molar-refractivity contribution in [3.05, 3.63) is 65.4 Å². The van der Waals surface area contributed by atoms with Gasteiger partial charge < -0.3 is 15.5 Å². The summed E-state index contributed by atoms with van der Waals surface area (Å²) in [6, 6.07) is 17.5. The lowest BCUT2D eigenvalue weighted by molar-refractivity contribution is 0.415. The minimum atomic E-state index is 0.0915. The Kier molecular flexibility index (Phi) is 4.38. The van der Waals surface area contributed by atoms with Crippen molar-refractivity contribution in [2.45, 2.75) is 6.92 Å². The number of hydrogen-bond acceptors (Lipinski definition) is 5. The van der Waals surface area contributed by atoms with E-state index in [0.717, 1.165) is 22.0 Å². The normalized spacial score (nSPS) is 10.5. The number of aryl methyl sites for hydroxylation is 1. The van der Waals surface area contributed by atoms with E-state index in [4.69, 9.17) is 10.5 Å². The lowest BCUT2D eigenvalue weighted by Crippen LogP contribution is -2.03. The number of nitrogens with zero attached hydrogens (tertiary/aromatic N) is 3. The summed E-state index contributed by atoms with van der Waals surface area (Å²) in [6.07, 6.45) is 1.82. The molecule has 2 aromatic carbocycles. The number of aromatic amines is 1. The summed E-state index contributed by atoms with van der Waals surface area (Å²) in [7, 11) is 1.58. The molecule has 0 aliphatic heterocycles. The topological polar surface area (TPSA) is 112 Å². The molecule has 0 bridgehead atoms. The van der Waals surface area contributed by atoms with Gasteiger partial charge in [0.2, 0.25) is 0 Å². The third-order valence-electron chi connectivity index (χ3n) is 4.92. The monoisotopic (exact) mass is 379 g/mol. The first-order valence-electron chi connectivity index (χ1n) is 8.93. The molecule has 29 heavy (non-hydrogen) atoms. The zero-order valence-electron chi connectivity index (χ0n) is 15.9. The van der Waals surface area contributed by atoms with Gasteiger partial charge in [-0.05, 0) is 36.2 Å². The fourth-order valence-corrected chi connectivity index (χ4v) is 3.50. The van der Waals surface area contributed by atoms with Crippen LogP contribution in [-0.4, -0.2) is 17.1 Å². The summed E-state index contributed by atoms with van der Waals surface area (Å²) in [6.45, 7) is 2.01. The van der Waals surface area contributed by atoms with Crippen molar-refractivity contribution in [1.29, 1.82) is 10.5 Å². The molecule has 4 rings (SSSR count). The maximum absolute atomic E-state index is 10.0. The fourth-order valence-electron chi connectivity index (χ4n) is 3.50. The van der Waals surface area contributed by atoms with Crippen molar-refractivity contribution in [3.8, 4) is 40.3 Å². The van der Waals surface area contributed by atoms with Gasteiger partial charge in [0, 0.05) is 28.2 Å². The molecular weight excluding hydrogens is 362 g/mol. The van der Waals surface area contributed by atoms with E-state index in [1.165, 1.54) is 0 Å². The lowest BCUT2D eigenvalue weighted by atomic mass is 9.92. The van der Waals surface area contributed by atoms with E-state index in [1.807, 2.05) is 31.3 Å².